The van der Waals surface area contributed by atoms with E-state index >= 15 is 0 Å². The Balaban J connectivity index is 2.13. The molecule has 0 aliphatic heterocycles. The van der Waals surface area contributed by atoms with Crippen LogP contribution in [-0.4, -0.2) is 6.61 Å². The fraction of sp³-hybridized carbons (Fsp3) is 0.400. The largest absolute Gasteiger partial charge is 0.491 e. The maximum absolute atomic E-state index is 12.9. The van der Waals surface area contributed by atoms with Crippen LogP contribution >= 0.6 is 0 Å². The van der Waals surface area contributed by atoms with E-state index in [-0.39, 0.29) is 11.4 Å². The quantitative estimate of drug-likeness (QED) is 0.758. The number of rotatable bonds is 3. The van der Waals surface area contributed by atoms with Crippen LogP contribution in [0.25, 0.3) is 0 Å². The minimum atomic E-state index is -0.768. The molecule has 0 atom stereocenters. The lowest BCUT2D eigenvalue weighted by molar-refractivity contribution is 0.298. The van der Waals surface area contributed by atoms with Gasteiger partial charge in [-0.1, -0.05) is 0 Å². The smallest absolute Gasteiger partial charge is 0.152 e. The Hall–Kier alpha value is -1.32. The summed E-state index contributed by atoms with van der Waals surface area (Å²) in [5.41, 5.74) is 5.27. The van der Waals surface area contributed by atoms with Crippen LogP contribution in [0.15, 0.2) is 12.1 Å². The van der Waals surface area contributed by atoms with Crippen LogP contribution in [0, 0.1) is 17.6 Å². The van der Waals surface area contributed by atoms with Gasteiger partial charge in [0.2, 0.25) is 0 Å². The van der Waals surface area contributed by atoms with Gasteiger partial charge in [0.15, 0.2) is 5.82 Å². The van der Waals surface area contributed by atoms with Gasteiger partial charge in [-0.05, 0) is 18.8 Å². The third kappa shape index (κ3) is 1.95. The normalized spacial score (nSPS) is 15.6. The van der Waals surface area contributed by atoms with Crippen molar-refractivity contribution in [1.29, 1.82) is 0 Å². The lowest BCUT2D eigenvalue weighted by atomic mass is 10.3. The molecule has 2 nitrogen and oxygen atoms in total. The van der Waals surface area contributed by atoms with Crippen molar-refractivity contribution < 1.29 is 13.5 Å². The van der Waals surface area contributed by atoms with E-state index in [0.717, 1.165) is 25.0 Å². The lowest BCUT2D eigenvalue weighted by Gasteiger charge is -2.08. The summed E-state index contributed by atoms with van der Waals surface area (Å²) in [6.45, 7) is 0.493. The van der Waals surface area contributed by atoms with Gasteiger partial charge >= 0.3 is 0 Å². The molecule has 0 unspecified atom stereocenters. The Bertz CT molecular complexity index is 350. The number of halogens is 2. The van der Waals surface area contributed by atoms with Gasteiger partial charge in [0.05, 0.1) is 6.61 Å². The molecule has 2 N–H and O–H groups in total. The van der Waals surface area contributed by atoms with E-state index in [1.807, 2.05) is 0 Å². The second-order valence-corrected chi connectivity index (χ2v) is 3.55. The predicted molar refractivity (Wildman–Crippen MR) is 49.0 cm³/mol. The molecular weight excluding hydrogens is 188 g/mol. The summed E-state index contributed by atoms with van der Waals surface area (Å²) in [7, 11) is 0. The molecule has 0 amide bonds. The zero-order valence-corrected chi connectivity index (χ0v) is 7.59. The van der Waals surface area contributed by atoms with E-state index in [1.54, 1.807) is 0 Å². The minimum absolute atomic E-state index is 0.106. The van der Waals surface area contributed by atoms with Crippen LogP contribution in [0.3, 0.4) is 0 Å². The fourth-order valence-electron chi connectivity index (χ4n) is 1.17. The fourth-order valence-corrected chi connectivity index (χ4v) is 1.17. The Morgan fingerprint density at radius 1 is 1.36 bits per heavy atom. The zero-order valence-electron chi connectivity index (χ0n) is 7.59. The topological polar surface area (TPSA) is 35.2 Å². The number of benzene rings is 1. The standard InChI is InChI=1S/C10H11F2NO/c11-7-3-8(12)10(13)9(4-7)14-5-6-1-2-6/h3-4,6H,1-2,5,13H2. The van der Waals surface area contributed by atoms with E-state index in [0.29, 0.717) is 12.5 Å². The molecule has 1 saturated carbocycles. The maximum Gasteiger partial charge on any atom is 0.152 e. The van der Waals surface area contributed by atoms with Crippen molar-refractivity contribution in [2.75, 3.05) is 12.3 Å². The van der Waals surface area contributed by atoms with E-state index in [4.69, 9.17) is 10.5 Å². The highest BCUT2D eigenvalue weighted by atomic mass is 19.1. The van der Waals surface area contributed by atoms with Crippen molar-refractivity contribution in [3.63, 3.8) is 0 Å². The lowest BCUT2D eigenvalue weighted by Crippen LogP contribution is -2.03. The number of hydrogen-bond acceptors (Lipinski definition) is 2. The summed E-state index contributed by atoms with van der Waals surface area (Å²) < 4.78 is 30.9. The number of nitrogen functional groups attached to an aromatic ring is 1. The van der Waals surface area contributed by atoms with Gasteiger partial charge in [-0.3, -0.25) is 0 Å². The van der Waals surface area contributed by atoms with E-state index < -0.39 is 11.6 Å². The molecule has 0 spiro atoms. The average Bonchev–Trinajstić information content (AvgIpc) is 2.92. The molecule has 0 heterocycles. The van der Waals surface area contributed by atoms with Gasteiger partial charge in [-0.25, -0.2) is 8.78 Å². The van der Waals surface area contributed by atoms with Crippen LogP contribution in [0.2, 0.25) is 0 Å². The van der Waals surface area contributed by atoms with Crippen LogP contribution in [-0.2, 0) is 0 Å². The summed E-state index contributed by atoms with van der Waals surface area (Å²) in [5.74, 6) is -0.798. The van der Waals surface area contributed by atoms with E-state index in [2.05, 4.69) is 0 Å². The zero-order chi connectivity index (χ0) is 10.1. The van der Waals surface area contributed by atoms with E-state index in [1.165, 1.54) is 0 Å². The molecule has 76 valence electrons. The average molecular weight is 199 g/mol. The van der Waals surface area contributed by atoms with Crippen molar-refractivity contribution in [2.24, 2.45) is 5.92 Å². The molecule has 1 fully saturated rings. The molecule has 1 aromatic rings. The molecule has 0 aromatic heterocycles. The Morgan fingerprint density at radius 3 is 2.71 bits per heavy atom. The van der Waals surface area contributed by atoms with Crippen LogP contribution in [0.5, 0.6) is 5.75 Å². The van der Waals surface area contributed by atoms with Gasteiger partial charge in [-0.2, -0.15) is 0 Å². The molecule has 1 aliphatic rings. The van der Waals surface area contributed by atoms with Gasteiger partial charge in [0.1, 0.15) is 17.3 Å². The Labute approximate surface area is 80.7 Å². The molecule has 14 heavy (non-hydrogen) atoms. The molecule has 0 saturated heterocycles. The summed E-state index contributed by atoms with van der Waals surface area (Å²) in [5, 5.41) is 0. The molecule has 1 aliphatic carbocycles. The first-order valence-corrected chi connectivity index (χ1v) is 4.54. The minimum Gasteiger partial charge on any atom is -0.491 e. The summed E-state index contributed by atoms with van der Waals surface area (Å²) >= 11 is 0. The highest BCUT2D eigenvalue weighted by Gasteiger charge is 2.22. The van der Waals surface area contributed by atoms with Crippen molar-refractivity contribution in [1.82, 2.24) is 0 Å². The van der Waals surface area contributed by atoms with Crippen molar-refractivity contribution >= 4 is 5.69 Å². The summed E-state index contributed by atoms with van der Waals surface area (Å²) in [6, 6.07) is 1.86. The summed E-state index contributed by atoms with van der Waals surface area (Å²) in [6.07, 6.45) is 2.25. The molecule has 4 heteroatoms. The second kappa shape index (κ2) is 3.44. The van der Waals surface area contributed by atoms with Gasteiger partial charge < -0.3 is 10.5 Å². The van der Waals surface area contributed by atoms with Crippen molar-refractivity contribution in [3.8, 4) is 5.75 Å². The number of ether oxygens (including phenoxy) is 1. The molecule has 0 radical (unpaired) electrons. The highest BCUT2D eigenvalue weighted by Crippen LogP contribution is 2.32. The molecule has 2 rings (SSSR count). The summed E-state index contributed by atoms with van der Waals surface area (Å²) in [4.78, 5) is 0. The highest BCUT2D eigenvalue weighted by molar-refractivity contribution is 5.53. The van der Waals surface area contributed by atoms with Crippen molar-refractivity contribution in [2.45, 2.75) is 12.8 Å². The first-order valence-electron chi connectivity index (χ1n) is 4.54. The molecule has 1 aromatic carbocycles. The predicted octanol–water partition coefficient (Wildman–Crippen LogP) is 2.34. The van der Waals surface area contributed by atoms with Crippen LogP contribution in [0.1, 0.15) is 12.8 Å². The van der Waals surface area contributed by atoms with Crippen LogP contribution < -0.4 is 10.5 Å². The number of anilines is 1. The van der Waals surface area contributed by atoms with Crippen LogP contribution in [0.4, 0.5) is 14.5 Å². The molecular formula is C10H11F2NO. The SMILES string of the molecule is Nc1c(F)cc(F)cc1OCC1CC1. The first-order chi connectivity index (χ1) is 6.66. The third-order valence-corrected chi connectivity index (χ3v) is 2.23. The van der Waals surface area contributed by atoms with Gasteiger partial charge in [0.25, 0.3) is 0 Å². The van der Waals surface area contributed by atoms with Gasteiger partial charge in [-0.15, -0.1) is 0 Å². The van der Waals surface area contributed by atoms with Crippen molar-refractivity contribution in [3.05, 3.63) is 23.8 Å². The first kappa shape index (κ1) is 9.24. The third-order valence-electron chi connectivity index (χ3n) is 2.23. The maximum atomic E-state index is 12.9. The monoisotopic (exact) mass is 199 g/mol. The van der Waals surface area contributed by atoms with Gasteiger partial charge in [0, 0.05) is 12.1 Å². The number of nitrogens with two attached hydrogens (primary N) is 1. The van der Waals surface area contributed by atoms with E-state index in [9.17, 15) is 8.78 Å². The Kier molecular flexibility index (Phi) is 2.27. The second-order valence-electron chi connectivity index (χ2n) is 3.55. The number of hydrogen-bond donors (Lipinski definition) is 1. The molecule has 0 bridgehead atoms. The Morgan fingerprint density at radius 2 is 2.07 bits per heavy atom.